The van der Waals surface area contributed by atoms with Crippen molar-refractivity contribution in [1.82, 2.24) is 4.90 Å². The van der Waals surface area contributed by atoms with Crippen LogP contribution >= 0.6 is 0 Å². The molecule has 0 saturated carbocycles. The Labute approximate surface area is 101 Å². The third kappa shape index (κ3) is 5.34. The second kappa shape index (κ2) is 5.03. The first-order chi connectivity index (χ1) is 6.95. The molecule has 0 aromatic heterocycles. The fraction of sp³-hybridized carbons (Fsp3) is 0.786. The molecule has 0 radical (unpaired) electrons. The lowest BCUT2D eigenvalue weighted by Gasteiger charge is -2.37. The van der Waals surface area contributed by atoms with Gasteiger partial charge in [-0.15, -0.1) is 0 Å². The van der Waals surface area contributed by atoms with E-state index in [1.807, 2.05) is 4.90 Å². The van der Waals surface area contributed by atoms with Gasteiger partial charge in [-0.25, -0.2) is 0 Å². The quantitative estimate of drug-likeness (QED) is 0.672. The molecule has 0 N–H and O–H groups in total. The van der Waals surface area contributed by atoms with E-state index in [2.05, 4.69) is 48.1 Å². The molecule has 1 amide bonds. The van der Waals surface area contributed by atoms with Gasteiger partial charge >= 0.3 is 0 Å². The van der Waals surface area contributed by atoms with E-state index >= 15 is 0 Å². The van der Waals surface area contributed by atoms with Gasteiger partial charge in [-0.3, -0.25) is 4.79 Å². The molecular weight excluding hydrogens is 198 g/mol. The highest BCUT2D eigenvalue weighted by atomic mass is 16.2. The molecule has 94 valence electrons. The summed E-state index contributed by atoms with van der Waals surface area (Å²) >= 11 is 0. The standard InChI is InChI=1S/C14H27NO/c1-11(2)12(16)15(14(6,7)8)10-9-13(3,4)5/h1,9-10H2,2-8H3. The molecule has 0 aliphatic rings. The van der Waals surface area contributed by atoms with Crippen LogP contribution in [0.15, 0.2) is 12.2 Å². The lowest BCUT2D eigenvalue weighted by Crippen LogP contribution is -2.47. The summed E-state index contributed by atoms with van der Waals surface area (Å²) in [5.74, 6) is 0.0664. The summed E-state index contributed by atoms with van der Waals surface area (Å²) in [4.78, 5) is 14.0. The molecule has 0 bridgehead atoms. The molecule has 0 aromatic carbocycles. The van der Waals surface area contributed by atoms with E-state index in [9.17, 15) is 4.79 Å². The van der Waals surface area contributed by atoms with Crippen molar-refractivity contribution in [3.05, 3.63) is 12.2 Å². The lowest BCUT2D eigenvalue weighted by molar-refractivity contribution is -0.132. The Morgan fingerprint density at radius 1 is 1.12 bits per heavy atom. The second-order valence-corrected chi connectivity index (χ2v) is 6.72. The Balaban J connectivity index is 4.72. The summed E-state index contributed by atoms with van der Waals surface area (Å²) in [6, 6.07) is 0. The third-order valence-corrected chi connectivity index (χ3v) is 2.51. The van der Waals surface area contributed by atoms with Crippen molar-refractivity contribution in [3.8, 4) is 0 Å². The van der Waals surface area contributed by atoms with Crippen molar-refractivity contribution >= 4 is 5.91 Å². The minimum absolute atomic E-state index is 0.0664. The van der Waals surface area contributed by atoms with Gasteiger partial charge in [0.05, 0.1) is 0 Å². The van der Waals surface area contributed by atoms with Crippen LogP contribution in [-0.4, -0.2) is 22.9 Å². The zero-order valence-corrected chi connectivity index (χ0v) is 12.0. The Kier molecular flexibility index (Phi) is 4.78. The topological polar surface area (TPSA) is 20.3 Å². The second-order valence-electron chi connectivity index (χ2n) is 6.72. The highest BCUT2D eigenvalue weighted by molar-refractivity contribution is 5.92. The van der Waals surface area contributed by atoms with Crippen LogP contribution in [0.1, 0.15) is 54.9 Å². The summed E-state index contributed by atoms with van der Waals surface area (Å²) < 4.78 is 0. The average molecular weight is 225 g/mol. The molecule has 0 fully saturated rings. The van der Waals surface area contributed by atoms with Gasteiger partial charge in [0.15, 0.2) is 0 Å². The molecule has 0 spiro atoms. The predicted molar refractivity (Wildman–Crippen MR) is 70.4 cm³/mol. The molecule has 16 heavy (non-hydrogen) atoms. The number of nitrogens with zero attached hydrogens (tertiary/aromatic N) is 1. The van der Waals surface area contributed by atoms with Crippen molar-refractivity contribution in [2.45, 2.75) is 60.4 Å². The monoisotopic (exact) mass is 225 g/mol. The molecule has 0 aliphatic carbocycles. The lowest BCUT2D eigenvalue weighted by atomic mass is 9.91. The summed E-state index contributed by atoms with van der Waals surface area (Å²) in [5.41, 5.74) is 0.726. The van der Waals surface area contributed by atoms with Crippen LogP contribution in [-0.2, 0) is 4.79 Å². The minimum Gasteiger partial charge on any atom is -0.334 e. The van der Waals surface area contributed by atoms with Gasteiger partial charge in [0.1, 0.15) is 0 Å². The molecule has 0 heterocycles. The summed E-state index contributed by atoms with van der Waals surface area (Å²) in [6.45, 7) is 19.1. The Hall–Kier alpha value is -0.790. The maximum Gasteiger partial charge on any atom is 0.249 e. The Morgan fingerprint density at radius 2 is 1.56 bits per heavy atom. The summed E-state index contributed by atoms with van der Waals surface area (Å²) in [6.07, 6.45) is 1.00. The molecular formula is C14H27NO. The third-order valence-electron chi connectivity index (χ3n) is 2.51. The van der Waals surface area contributed by atoms with Crippen molar-refractivity contribution < 1.29 is 4.79 Å². The molecule has 0 unspecified atom stereocenters. The van der Waals surface area contributed by atoms with Gasteiger partial charge in [0.25, 0.3) is 0 Å². The zero-order chi connectivity index (χ0) is 13.1. The maximum absolute atomic E-state index is 12.0. The van der Waals surface area contributed by atoms with Gasteiger partial charge in [-0.1, -0.05) is 27.4 Å². The summed E-state index contributed by atoms with van der Waals surface area (Å²) in [7, 11) is 0. The van der Waals surface area contributed by atoms with Crippen molar-refractivity contribution in [1.29, 1.82) is 0 Å². The number of carbonyl (C=O) groups is 1. The van der Waals surface area contributed by atoms with Crippen LogP contribution in [0.25, 0.3) is 0 Å². The van der Waals surface area contributed by atoms with E-state index in [4.69, 9.17) is 0 Å². The molecule has 0 atom stereocenters. The summed E-state index contributed by atoms with van der Waals surface area (Å²) in [5, 5.41) is 0. The van der Waals surface area contributed by atoms with Crippen molar-refractivity contribution in [2.24, 2.45) is 5.41 Å². The molecule has 0 aromatic rings. The molecule has 0 rings (SSSR count). The Bertz CT molecular complexity index is 265. The highest BCUT2D eigenvalue weighted by Crippen LogP contribution is 2.23. The van der Waals surface area contributed by atoms with Crippen molar-refractivity contribution in [2.75, 3.05) is 6.54 Å². The minimum atomic E-state index is -0.138. The molecule has 2 nitrogen and oxygen atoms in total. The fourth-order valence-corrected chi connectivity index (χ4v) is 1.42. The maximum atomic E-state index is 12.0. The van der Waals surface area contributed by atoms with Crippen LogP contribution in [0.4, 0.5) is 0 Å². The Morgan fingerprint density at radius 3 is 1.81 bits per heavy atom. The van der Waals surface area contributed by atoms with E-state index in [1.165, 1.54) is 0 Å². The fourth-order valence-electron chi connectivity index (χ4n) is 1.42. The predicted octanol–water partition coefficient (Wildman–Crippen LogP) is 3.63. The van der Waals surface area contributed by atoms with Crippen LogP contribution in [0.2, 0.25) is 0 Å². The van der Waals surface area contributed by atoms with Crippen LogP contribution in [0.3, 0.4) is 0 Å². The van der Waals surface area contributed by atoms with Crippen LogP contribution < -0.4 is 0 Å². The number of hydrogen-bond donors (Lipinski definition) is 0. The first-order valence-corrected chi connectivity index (χ1v) is 5.92. The molecule has 0 aliphatic heterocycles. The largest absolute Gasteiger partial charge is 0.334 e. The number of hydrogen-bond acceptors (Lipinski definition) is 1. The van der Waals surface area contributed by atoms with Crippen molar-refractivity contribution in [3.63, 3.8) is 0 Å². The van der Waals surface area contributed by atoms with Gasteiger partial charge in [0, 0.05) is 17.7 Å². The first-order valence-electron chi connectivity index (χ1n) is 5.92. The van der Waals surface area contributed by atoms with E-state index in [-0.39, 0.29) is 16.9 Å². The average Bonchev–Trinajstić information content (AvgIpc) is 1.98. The van der Waals surface area contributed by atoms with Gasteiger partial charge in [-0.2, -0.15) is 0 Å². The number of amides is 1. The first kappa shape index (κ1) is 15.2. The molecule has 0 saturated heterocycles. The van der Waals surface area contributed by atoms with E-state index in [1.54, 1.807) is 6.92 Å². The van der Waals surface area contributed by atoms with E-state index < -0.39 is 0 Å². The highest BCUT2D eigenvalue weighted by Gasteiger charge is 2.27. The van der Waals surface area contributed by atoms with E-state index in [0.29, 0.717) is 5.57 Å². The number of rotatable bonds is 3. The number of carbonyl (C=O) groups excluding carboxylic acids is 1. The van der Waals surface area contributed by atoms with Gasteiger partial charge in [0.2, 0.25) is 5.91 Å². The van der Waals surface area contributed by atoms with Crippen LogP contribution in [0, 0.1) is 5.41 Å². The van der Waals surface area contributed by atoms with E-state index in [0.717, 1.165) is 13.0 Å². The zero-order valence-electron chi connectivity index (χ0n) is 12.0. The van der Waals surface area contributed by atoms with Crippen LogP contribution in [0.5, 0.6) is 0 Å². The van der Waals surface area contributed by atoms with Gasteiger partial charge < -0.3 is 4.90 Å². The molecule has 2 heteroatoms. The van der Waals surface area contributed by atoms with Gasteiger partial charge in [-0.05, 0) is 39.5 Å². The SMILES string of the molecule is C=C(C)C(=O)N(CCC(C)(C)C)C(C)(C)C. The smallest absolute Gasteiger partial charge is 0.249 e. The normalized spacial score (nSPS) is 12.4.